The van der Waals surface area contributed by atoms with Crippen molar-refractivity contribution in [2.24, 2.45) is 11.5 Å². The Hall–Kier alpha value is 0.990. The fourth-order valence-corrected chi connectivity index (χ4v) is 0. The zero-order chi connectivity index (χ0) is 6.99. The SMILES string of the molecule is NCCN.O=S([O-])O.[Na+]. The summed E-state index contributed by atoms with van der Waals surface area (Å²) in [5.74, 6) is 0. The van der Waals surface area contributed by atoms with Crippen LogP contribution in [0.1, 0.15) is 0 Å². The second-order valence-corrected chi connectivity index (χ2v) is 1.23. The third kappa shape index (κ3) is 111. The first-order valence-electron chi connectivity index (χ1n) is 1.83. The van der Waals surface area contributed by atoms with Gasteiger partial charge in [0, 0.05) is 13.1 Å². The molecule has 0 saturated carbocycles. The molecule has 1 unspecified atom stereocenters. The number of hydrogen-bond donors (Lipinski definition) is 3. The minimum atomic E-state index is -2.86. The van der Waals surface area contributed by atoms with Crippen LogP contribution in [0.2, 0.25) is 0 Å². The standard InChI is InChI=1S/C2H8N2.Na.H2O3S/c3-1-2-4;;1-4(2)3/h1-4H2;;(H2,1,2,3)/q;+1;/p-1. The van der Waals surface area contributed by atoms with Crippen molar-refractivity contribution < 1.29 is 42.9 Å². The Bertz CT molecular complexity index is 57.8. The zero-order valence-corrected chi connectivity index (χ0v) is 8.06. The molecule has 0 amide bonds. The van der Waals surface area contributed by atoms with E-state index in [2.05, 4.69) is 0 Å². The third-order valence-electron chi connectivity index (χ3n) is 0.167. The summed E-state index contributed by atoms with van der Waals surface area (Å²) in [5.41, 5.74) is 9.81. The molecular formula is C2H9N2NaO3S. The minimum Gasteiger partial charge on any atom is -0.750 e. The van der Waals surface area contributed by atoms with E-state index in [1.165, 1.54) is 0 Å². The van der Waals surface area contributed by atoms with Crippen molar-refractivity contribution in [3.63, 3.8) is 0 Å². The molecule has 7 heteroatoms. The van der Waals surface area contributed by atoms with Crippen molar-refractivity contribution in [1.29, 1.82) is 0 Å². The van der Waals surface area contributed by atoms with E-state index in [1.54, 1.807) is 0 Å². The first kappa shape index (κ1) is 16.5. The molecule has 0 bridgehead atoms. The van der Waals surface area contributed by atoms with Gasteiger partial charge in [-0.05, 0) is 0 Å². The van der Waals surface area contributed by atoms with Gasteiger partial charge >= 0.3 is 29.6 Å². The van der Waals surface area contributed by atoms with Crippen molar-refractivity contribution >= 4 is 11.4 Å². The number of nitrogens with two attached hydrogens (primary N) is 2. The molecule has 52 valence electrons. The van der Waals surface area contributed by atoms with E-state index in [0.29, 0.717) is 13.1 Å². The van der Waals surface area contributed by atoms with Gasteiger partial charge in [-0.3, -0.25) is 0 Å². The van der Waals surface area contributed by atoms with Crippen LogP contribution in [0.4, 0.5) is 0 Å². The van der Waals surface area contributed by atoms with Crippen molar-refractivity contribution in [2.75, 3.05) is 13.1 Å². The largest absolute Gasteiger partial charge is 1.00 e. The molecule has 0 radical (unpaired) electrons. The van der Waals surface area contributed by atoms with Crippen LogP contribution >= 0.6 is 0 Å². The summed E-state index contributed by atoms with van der Waals surface area (Å²) in [6.07, 6.45) is 0. The Morgan fingerprint density at radius 3 is 1.56 bits per heavy atom. The first-order valence-corrected chi connectivity index (χ1v) is 2.86. The number of hydrogen-bond acceptors (Lipinski definition) is 4. The van der Waals surface area contributed by atoms with Gasteiger partial charge in [-0.15, -0.1) is 0 Å². The molecule has 0 saturated heterocycles. The Balaban J connectivity index is -0.0000000720. The molecule has 0 aromatic carbocycles. The molecule has 5 nitrogen and oxygen atoms in total. The summed E-state index contributed by atoms with van der Waals surface area (Å²) in [4.78, 5) is 0. The van der Waals surface area contributed by atoms with Crippen molar-refractivity contribution in [3.8, 4) is 0 Å². The van der Waals surface area contributed by atoms with Gasteiger partial charge in [0.05, 0.1) is 11.4 Å². The summed E-state index contributed by atoms with van der Waals surface area (Å²) in [7, 11) is 0. The molecule has 0 spiro atoms. The van der Waals surface area contributed by atoms with Gasteiger partial charge in [-0.25, -0.2) is 4.21 Å². The summed E-state index contributed by atoms with van der Waals surface area (Å²) >= 11 is -2.86. The normalized spacial score (nSPS) is 10.2. The van der Waals surface area contributed by atoms with E-state index in [0.717, 1.165) is 0 Å². The average molecular weight is 164 g/mol. The van der Waals surface area contributed by atoms with Crippen molar-refractivity contribution in [1.82, 2.24) is 0 Å². The summed E-state index contributed by atoms with van der Waals surface area (Å²) in [6.45, 7) is 1.19. The molecule has 0 aliphatic heterocycles. The maximum Gasteiger partial charge on any atom is 1.00 e. The number of rotatable bonds is 1. The Morgan fingerprint density at radius 1 is 1.44 bits per heavy atom. The monoisotopic (exact) mass is 164 g/mol. The van der Waals surface area contributed by atoms with E-state index < -0.39 is 11.4 Å². The smallest absolute Gasteiger partial charge is 0.750 e. The van der Waals surface area contributed by atoms with Gasteiger partial charge < -0.3 is 20.6 Å². The summed E-state index contributed by atoms with van der Waals surface area (Å²) in [5, 5.41) is 0. The van der Waals surface area contributed by atoms with Crippen LogP contribution in [-0.2, 0) is 11.4 Å². The van der Waals surface area contributed by atoms with Gasteiger partial charge in [0.15, 0.2) is 0 Å². The van der Waals surface area contributed by atoms with Crippen LogP contribution in [0.3, 0.4) is 0 Å². The van der Waals surface area contributed by atoms with Crippen LogP contribution < -0.4 is 41.0 Å². The maximum atomic E-state index is 8.56. The van der Waals surface area contributed by atoms with Crippen LogP contribution in [-0.4, -0.2) is 26.4 Å². The van der Waals surface area contributed by atoms with Crippen molar-refractivity contribution in [3.05, 3.63) is 0 Å². The maximum absolute atomic E-state index is 8.56. The molecule has 0 aromatic rings. The van der Waals surface area contributed by atoms with E-state index in [4.69, 9.17) is 24.8 Å². The quantitative estimate of drug-likeness (QED) is 0.266. The Labute approximate surface area is 78.6 Å². The summed E-state index contributed by atoms with van der Waals surface area (Å²) in [6, 6.07) is 0. The fourth-order valence-electron chi connectivity index (χ4n) is 0. The molecule has 0 aliphatic carbocycles. The van der Waals surface area contributed by atoms with E-state index in [-0.39, 0.29) is 29.6 Å². The zero-order valence-electron chi connectivity index (χ0n) is 5.24. The molecular weight excluding hydrogens is 155 g/mol. The van der Waals surface area contributed by atoms with Gasteiger partial charge in [0.1, 0.15) is 0 Å². The molecule has 0 aromatic heterocycles. The first-order chi connectivity index (χ1) is 3.65. The van der Waals surface area contributed by atoms with E-state index in [1.807, 2.05) is 0 Å². The van der Waals surface area contributed by atoms with Crippen LogP contribution in [0.5, 0.6) is 0 Å². The fraction of sp³-hybridized carbons (Fsp3) is 1.00. The van der Waals surface area contributed by atoms with Gasteiger partial charge in [-0.1, -0.05) is 0 Å². The van der Waals surface area contributed by atoms with E-state index in [9.17, 15) is 0 Å². The van der Waals surface area contributed by atoms with Crippen LogP contribution in [0.15, 0.2) is 0 Å². The Morgan fingerprint density at radius 2 is 1.56 bits per heavy atom. The Kier molecular flexibility index (Phi) is 29.4. The average Bonchev–Trinajstić information content (AvgIpc) is 1.65. The van der Waals surface area contributed by atoms with Crippen LogP contribution in [0, 0.1) is 0 Å². The van der Waals surface area contributed by atoms with Gasteiger partial charge in [0.2, 0.25) is 0 Å². The molecule has 9 heavy (non-hydrogen) atoms. The molecule has 0 heterocycles. The second-order valence-electron chi connectivity index (χ2n) is 0.794. The second kappa shape index (κ2) is 16.0. The summed E-state index contributed by atoms with van der Waals surface area (Å²) < 4.78 is 24.1. The third-order valence-corrected chi connectivity index (χ3v) is 0.167. The predicted octanol–water partition coefficient (Wildman–Crippen LogP) is -4.75. The predicted molar refractivity (Wildman–Crippen MR) is 29.7 cm³/mol. The van der Waals surface area contributed by atoms with Crippen molar-refractivity contribution in [2.45, 2.75) is 0 Å². The topological polar surface area (TPSA) is 112 Å². The molecule has 1 atom stereocenters. The van der Waals surface area contributed by atoms with Gasteiger partial charge in [0.25, 0.3) is 0 Å². The molecule has 0 fully saturated rings. The molecule has 0 aliphatic rings. The van der Waals surface area contributed by atoms with E-state index >= 15 is 0 Å². The molecule has 5 N–H and O–H groups in total. The molecule has 0 rings (SSSR count). The van der Waals surface area contributed by atoms with Gasteiger partial charge in [-0.2, -0.15) is 0 Å². The van der Waals surface area contributed by atoms with Crippen LogP contribution in [0.25, 0.3) is 0 Å². The minimum absolute atomic E-state index is 0.